The molecule has 1 amide bonds. The summed E-state index contributed by atoms with van der Waals surface area (Å²) < 4.78 is 2.19. The van der Waals surface area contributed by atoms with Crippen molar-refractivity contribution in [2.45, 2.75) is 38.4 Å². The van der Waals surface area contributed by atoms with Crippen molar-refractivity contribution in [2.75, 3.05) is 31.8 Å². The summed E-state index contributed by atoms with van der Waals surface area (Å²) in [5, 5.41) is 12.5. The molecule has 2 rings (SSSR count). The monoisotopic (exact) mass is 375 g/mol. The zero-order valence-electron chi connectivity index (χ0n) is 16.3. The van der Waals surface area contributed by atoms with E-state index < -0.39 is 0 Å². The Kier molecular flexibility index (Phi) is 7.50. The number of nitrogens with one attached hydrogen (secondary N) is 1. The number of carbonyl (C=O) groups excluding carboxylic acids is 1. The van der Waals surface area contributed by atoms with Crippen molar-refractivity contribution in [3.05, 3.63) is 35.7 Å². The van der Waals surface area contributed by atoms with Crippen molar-refractivity contribution in [3.8, 4) is 0 Å². The third-order valence-electron chi connectivity index (χ3n) is 4.03. The standard InChI is InChI=1S/C19H29N5OS/c1-14(2)13-24-17(21-22-19(24)26-5)7-6-12-20-18(25)15-8-10-16(11-9-15)23(3)4/h8-11,14H,6-7,12-13H2,1-5H3,(H,20,25). The number of aromatic nitrogens is 3. The molecule has 1 aromatic heterocycles. The first-order valence-corrected chi connectivity index (χ1v) is 10.2. The Hall–Kier alpha value is -2.02. The number of aryl methyl sites for hydroxylation is 1. The van der Waals surface area contributed by atoms with Crippen LogP contribution in [0.5, 0.6) is 0 Å². The Morgan fingerprint density at radius 1 is 1.23 bits per heavy atom. The first-order valence-electron chi connectivity index (χ1n) is 8.94. The maximum Gasteiger partial charge on any atom is 0.251 e. The van der Waals surface area contributed by atoms with E-state index in [-0.39, 0.29) is 5.91 Å². The Morgan fingerprint density at radius 3 is 2.50 bits per heavy atom. The fourth-order valence-corrected chi connectivity index (χ4v) is 3.19. The van der Waals surface area contributed by atoms with Gasteiger partial charge in [0.25, 0.3) is 5.91 Å². The van der Waals surface area contributed by atoms with Crippen molar-refractivity contribution in [1.29, 1.82) is 0 Å². The molecule has 0 fully saturated rings. The predicted octanol–water partition coefficient (Wildman–Crippen LogP) is 3.08. The van der Waals surface area contributed by atoms with E-state index in [1.807, 2.05) is 49.5 Å². The second-order valence-corrected chi connectivity index (χ2v) is 7.68. The second kappa shape index (κ2) is 9.62. The molecule has 7 heteroatoms. The number of carbonyl (C=O) groups is 1. The molecule has 142 valence electrons. The smallest absolute Gasteiger partial charge is 0.251 e. The highest BCUT2D eigenvalue weighted by Gasteiger charge is 2.12. The van der Waals surface area contributed by atoms with Crippen molar-refractivity contribution >= 4 is 23.4 Å². The molecule has 1 N–H and O–H groups in total. The topological polar surface area (TPSA) is 63.1 Å². The lowest BCUT2D eigenvalue weighted by Gasteiger charge is -2.13. The summed E-state index contributed by atoms with van der Waals surface area (Å²) in [5.41, 5.74) is 1.76. The molecule has 0 aliphatic carbocycles. The van der Waals surface area contributed by atoms with Gasteiger partial charge in [-0.05, 0) is 42.9 Å². The van der Waals surface area contributed by atoms with Crippen molar-refractivity contribution in [1.82, 2.24) is 20.1 Å². The van der Waals surface area contributed by atoms with Gasteiger partial charge >= 0.3 is 0 Å². The predicted molar refractivity (Wildman–Crippen MR) is 108 cm³/mol. The summed E-state index contributed by atoms with van der Waals surface area (Å²) in [6.45, 7) is 5.92. The van der Waals surface area contributed by atoms with Crippen LogP contribution in [-0.4, -0.2) is 47.6 Å². The molecule has 0 unspecified atom stereocenters. The Bertz CT molecular complexity index is 709. The van der Waals surface area contributed by atoms with E-state index in [1.54, 1.807) is 11.8 Å². The molecular formula is C19H29N5OS. The van der Waals surface area contributed by atoms with Crippen LogP contribution in [0.1, 0.15) is 36.5 Å². The lowest BCUT2D eigenvalue weighted by molar-refractivity contribution is 0.0953. The average Bonchev–Trinajstić information content (AvgIpc) is 2.99. The Balaban J connectivity index is 1.85. The van der Waals surface area contributed by atoms with Gasteiger partial charge in [0.1, 0.15) is 5.82 Å². The minimum absolute atomic E-state index is 0.0382. The lowest BCUT2D eigenvalue weighted by Crippen LogP contribution is -2.25. The largest absolute Gasteiger partial charge is 0.378 e. The summed E-state index contributed by atoms with van der Waals surface area (Å²) in [6, 6.07) is 7.61. The molecule has 1 aromatic carbocycles. The van der Waals surface area contributed by atoms with E-state index >= 15 is 0 Å². The molecule has 1 heterocycles. The maximum atomic E-state index is 12.2. The summed E-state index contributed by atoms with van der Waals surface area (Å²) >= 11 is 1.62. The fraction of sp³-hybridized carbons (Fsp3) is 0.526. The van der Waals surface area contributed by atoms with Gasteiger partial charge in [0, 0.05) is 44.9 Å². The molecule has 0 atom stereocenters. The minimum atomic E-state index is -0.0382. The van der Waals surface area contributed by atoms with Gasteiger partial charge in [-0.3, -0.25) is 4.79 Å². The third kappa shape index (κ3) is 5.49. The fourth-order valence-electron chi connectivity index (χ4n) is 2.66. The van der Waals surface area contributed by atoms with Gasteiger partial charge in [0.15, 0.2) is 5.16 Å². The number of anilines is 1. The molecule has 0 saturated carbocycles. The quantitative estimate of drug-likeness (QED) is 0.539. The molecule has 0 aliphatic rings. The maximum absolute atomic E-state index is 12.2. The first kappa shape index (κ1) is 20.3. The number of nitrogens with zero attached hydrogens (tertiary/aromatic N) is 4. The summed E-state index contributed by atoms with van der Waals surface area (Å²) in [4.78, 5) is 14.3. The van der Waals surface area contributed by atoms with Crippen molar-refractivity contribution in [3.63, 3.8) is 0 Å². The Morgan fingerprint density at radius 2 is 1.92 bits per heavy atom. The molecular weight excluding hydrogens is 346 g/mol. The van der Waals surface area contributed by atoms with E-state index in [0.29, 0.717) is 18.0 Å². The summed E-state index contributed by atoms with van der Waals surface area (Å²) in [7, 11) is 3.96. The third-order valence-corrected chi connectivity index (χ3v) is 4.70. The number of hydrogen-bond donors (Lipinski definition) is 1. The summed E-state index contributed by atoms with van der Waals surface area (Å²) in [5.74, 6) is 1.50. The number of thioether (sulfide) groups is 1. The number of rotatable bonds is 9. The van der Waals surface area contributed by atoms with E-state index in [0.717, 1.165) is 36.1 Å². The molecule has 6 nitrogen and oxygen atoms in total. The van der Waals surface area contributed by atoms with Gasteiger partial charge in [-0.1, -0.05) is 25.6 Å². The van der Waals surface area contributed by atoms with E-state index in [2.05, 4.69) is 33.9 Å². The highest BCUT2D eigenvalue weighted by Crippen LogP contribution is 2.17. The Labute approximate surface area is 160 Å². The molecule has 0 aliphatic heterocycles. The van der Waals surface area contributed by atoms with Crippen LogP contribution >= 0.6 is 11.8 Å². The number of hydrogen-bond acceptors (Lipinski definition) is 5. The average molecular weight is 376 g/mol. The highest BCUT2D eigenvalue weighted by molar-refractivity contribution is 7.98. The van der Waals surface area contributed by atoms with Crippen LogP contribution in [0.4, 0.5) is 5.69 Å². The molecule has 26 heavy (non-hydrogen) atoms. The van der Waals surface area contributed by atoms with E-state index in [9.17, 15) is 4.79 Å². The number of amides is 1. The van der Waals surface area contributed by atoms with Crippen molar-refractivity contribution < 1.29 is 4.79 Å². The van der Waals surface area contributed by atoms with E-state index in [4.69, 9.17) is 0 Å². The van der Waals surface area contributed by atoms with E-state index in [1.165, 1.54) is 0 Å². The summed E-state index contributed by atoms with van der Waals surface area (Å²) in [6.07, 6.45) is 3.67. The van der Waals surface area contributed by atoms with Gasteiger partial charge in [-0.25, -0.2) is 0 Å². The van der Waals surface area contributed by atoms with Gasteiger partial charge in [-0.15, -0.1) is 10.2 Å². The van der Waals surface area contributed by atoms with Crippen LogP contribution in [0.2, 0.25) is 0 Å². The second-order valence-electron chi connectivity index (χ2n) is 6.91. The van der Waals surface area contributed by atoms with Crippen LogP contribution in [0.15, 0.2) is 29.4 Å². The van der Waals surface area contributed by atoms with Gasteiger partial charge < -0.3 is 14.8 Å². The normalized spacial score (nSPS) is 11.0. The van der Waals surface area contributed by atoms with Crippen molar-refractivity contribution in [2.24, 2.45) is 5.92 Å². The molecule has 0 radical (unpaired) electrons. The SMILES string of the molecule is CSc1nnc(CCCNC(=O)c2ccc(N(C)C)cc2)n1CC(C)C. The zero-order chi connectivity index (χ0) is 19.1. The highest BCUT2D eigenvalue weighted by atomic mass is 32.2. The van der Waals surface area contributed by atoms with Gasteiger partial charge in [0.05, 0.1) is 0 Å². The number of benzene rings is 1. The first-order chi connectivity index (χ1) is 12.4. The van der Waals surface area contributed by atoms with Crippen LogP contribution in [0.25, 0.3) is 0 Å². The van der Waals surface area contributed by atoms with Crippen LogP contribution in [0.3, 0.4) is 0 Å². The lowest BCUT2D eigenvalue weighted by atomic mass is 10.2. The zero-order valence-corrected chi connectivity index (χ0v) is 17.1. The van der Waals surface area contributed by atoms with Crippen LogP contribution in [-0.2, 0) is 13.0 Å². The molecule has 0 spiro atoms. The van der Waals surface area contributed by atoms with Crippen LogP contribution < -0.4 is 10.2 Å². The molecule has 0 bridgehead atoms. The van der Waals surface area contributed by atoms with Gasteiger partial charge in [-0.2, -0.15) is 0 Å². The minimum Gasteiger partial charge on any atom is -0.378 e. The molecule has 2 aromatic rings. The molecule has 0 saturated heterocycles. The van der Waals surface area contributed by atoms with Crippen LogP contribution in [0, 0.1) is 5.92 Å². The van der Waals surface area contributed by atoms with Gasteiger partial charge in [0.2, 0.25) is 0 Å².